The van der Waals surface area contributed by atoms with Gasteiger partial charge in [-0.25, -0.2) is 14.6 Å². The molecular formula is C16H17N5OS. The summed E-state index contributed by atoms with van der Waals surface area (Å²) in [6.45, 7) is 4.10. The molecule has 1 aliphatic rings. The molecule has 0 saturated heterocycles. The highest BCUT2D eigenvalue weighted by Crippen LogP contribution is 2.30. The molecule has 3 aromatic rings. The molecule has 0 spiro atoms. The van der Waals surface area contributed by atoms with Crippen LogP contribution < -0.4 is 5.32 Å². The number of nitrogens with one attached hydrogen (secondary N) is 1. The first-order valence-electron chi connectivity index (χ1n) is 7.75. The number of hydrogen-bond donors (Lipinski definition) is 1. The van der Waals surface area contributed by atoms with Crippen LogP contribution in [0.25, 0.3) is 11.0 Å². The van der Waals surface area contributed by atoms with E-state index in [0.29, 0.717) is 10.7 Å². The zero-order chi connectivity index (χ0) is 16.0. The smallest absolute Gasteiger partial charge is 0.259 e. The van der Waals surface area contributed by atoms with Gasteiger partial charge in [0.2, 0.25) is 0 Å². The molecule has 0 aromatic carbocycles. The Bertz CT molecular complexity index is 874. The van der Waals surface area contributed by atoms with E-state index in [-0.39, 0.29) is 11.9 Å². The van der Waals surface area contributed by atoms with E-state index in [1.165, 1.54) is 11.3 Å². The van der Waals surface area contributed by atoms with Crippen molar-refractivity contribution in [2.24, 2.45) is 0 Å². The van der Waals surface area contributed by atoms with Crippen LogP contribution in [0, 0.1) is 0 Å². The first-order valence-corrected chi connectivity index (χ1v) is 8.56. The van der Waals surface area contributed by atoms with Gasteiger partial charge in [0.1, 0.15) is 0 Å². The van der Waals surface area contributed by atoms with Crippen molar-refractivity contribution in [1.29, 1.82) is 0 Å². The molecule has 0 radical (unpaired) electrons. The SMILES string of the molecule is CC(C)n1ncc2cc(C(=O)Nc3nc4c(s3)CCC4)cnc21. The number of thiazole rings is 1. The fraction of sp³-hybridized carbons (Fsp3) is 0.375. The van der Waals surface area contributed by atoms with Crippen molar-refractivity contribution in [3.63, 3.8) is 0 Å². The Morgan fingerprint density at radius 1 is 1.35 bits per heavy atom. The number of carbonyl (C=O) groups excluding carboxylic acids is 1. The largest absolute Gasteiger partial charge is 0.298 e. The molecule has 0 bridgehead atoms. The standard InChI is InChI=1S/C16H17N5OS/c1-9(2)21-14-10(8-18-21)6-11(7-17-14)15(22)20-16-19-12-4-3-5-13(12)23-16/h6-9H,3-5H2,1-2H3,(H,19,20,22). The number of amides is 1. The Morgan fingerprint density at radius 2 is 2.22 bits per heavy atom. The first-order chi connectivity index (χ1) is 11.1. The van der Waals surface area contributed by atoms with Crippen LogP contribution >= 0.6 is 11.3 Å². The van der Waals surface area contributed by atoms with Crippen LogP contribution in [0.5, 0.6) is 0 Å². The average molecular weight is 327 g/mol. The van der Waals surface area contributed by atoms with Gasteiger partial charge in [0.15, 0.2) is 10.8 Å². The Morgan fingerprint density at radius 3 is 3.00 bits per heavy atom. The minimum absolute atomic E-state index is 0.177. The lowest BCUT2D eigenvalue weighted by Crippen LogP contribution is -2.12. The molecule has 1 N–H and O–H groups in total. The molecule has 23 heavy (non-hydrogen) atoms. The summed E-state index contributed by atoms with van der Waals surface area (Å²) >= 11 is 1.58. The maximum atomic E-state index is 12.4. The molecule has 0 saturated carbocycles. The monoisotopic (exact) mass is 327 g/mol. The molecule has 7 heteroatoms. The van der Waals surface area contributed by atoms with E-state index in [1.54, 1.807) is 23.7 Å². The van der Waals surface area contributed by atoms with Crippen LogP contribution in [-0.2, 0) is 12.8 Å². The summed E-state index contributed by atoms with van der Waals surface area (Å²) in [7, 11) is 0. The predicted molar refractivity (Wildman–Crippen MR) is 90.0 cm³/mol. The molecule has 0 atom stereocenters. The van der Waals surface area contributed by atoms with E-state index >= 15 is 0 Å². The van der Waals surface area contributed by atoms with Gasteiger partial charge >= 0.3 is 0 Å². The summed E-state index contributed by atoms with van der Waals surface area (Å²) < 4.78 is 1.85. The van der Waals surface area contributed by atoms with Crippen LogP contribution in [0.1, 0.15) is 47.2 Å². The van der Waals surface area contributed by atoms with E-state index in [1.807, 2.05) is 10.7 Å². The fourth-order valence-corrected chi connectivity index (χ4v) is 3.90. The Kier molecular flexibility index (Phi) is 3.37. The molecule has 0 aliphatic heterocycles. The lowest BCUT2D eigenvalue weighted by atomic mass is 10.2. The number of carbonyl (C=O) groups is 1. The van der Waals surface area contributed by atoms with Gasteiger partial charge in [-0.05, 0) is 39.2 Å². The van der Waals surface area contributed by atoms with E-state index < -0.39 is 0 Å². The second kappa shape index (κ2) is 5.42. The summed E-state index contributed by atoms with van der Waals surface area (Å²) in [5.74, 6) is -0.177. The van der Waals surface area contributed by atoms with Gasteiger partial charge in [-0.3, -0.25) is 10.1 Å². The van der Waals surface area contributed by atoms with Crippen LogP contribution in [0.4, 0.5) is 5.13 Å². The number of nitrogens with zero attached hydrogens (tertiary/aromatic N) is 4. The van der Waals surface area contributed by atoms with Crippen LogP contribution in [0.2, 0.25) is 0 Å². The molecule has 4 rings (SSSR count). The van der Waals surface area contributed by atoms with Gasteiger partial charge in [-0.2, -0.15) is 5.10 Å². The minimum Gasteiger partial charge on any atom is -0.298 e. The van der Waals surface area contributed by atoms with Gasteiger partial charge in [-0.15, -0.1) is 11.3 Å². The van der Waals surface area contributed by atoms with Gasteiger partial charge in [0.05, 0.1) is 17.5 Å². The average Bonchev–Trinajstić information content (AvgIpc) is 3.19. The number of hydrogen-bond acceptors (Lipinski definition) is 5. The predicted octanol–water partition coefficient (Wildman–Crippen LogP) is 3.21. The molecule has 3 aromatic heterocycles. The van der Waals surface area contributed by atoms with Gasteiger partial charge in [0.25, 0.3) is 5.91 Å². The number of rotatable bonds is 3. The highest BCUT2D eigenvalue weighted by Gasteiger charge is 2.18. The van der Waals surface area contributed by atoms with E-state index in [9.17, 15) is 4.79 Å². The van der Waals surface area contributed by atoms with Crippen LogP contribution in [0.3, 0.4) is 0 Å². The number of aryl methyl sites for hydroxylation is 2. The third-order valence-electron chi connectivity index (χ3n) is 4.00. The minimum atomic E-state index is -0.177. The van der Waals surface area contributed by atoms with Gasteiger partial charge in [0, 0.05) is 22.5 Å². The lowest BCUT2D eigenvalue weighted by molar-refractivity contribution is 0.102. The number of fused-ring (bicyclic) bond motifs is 2. The zero-order valence-electron chi connectivity index (χ0n) is 13.0. The zero-order valence-corrected chi connectivity index (χ0v) is 13.9. The Balaban J connectivity index is 1.59. The highest BCUT2D eigenvalue weighted by atomic mass is 32.1. The fourth-order valence-electron chi connectivity index (χ4n) is 2.86. The maximum absolute atomic E-state index is 12.4. The summed E-state index contributed by atoms with van der Waals surface area (Å²) in [4.78, 5) is 22.6. The van der Waals surface area contributed by atoms with Crippen molar-refractivity contribution in [2.75, 3.05) is 5.32 Å². The van der Waals surface area contributed by atoms with Gasteiger partial charge in [-0.1, -0.05) is 0 Å². The number of pyridine rings is 1. The van der Waals surface area contributed by atoms with Crippen molar-refractivity contribution in [2.45, 2.75) is 39.2 Å². The first kappa shape index (κ1) is 14.3. The van der Waals surface area contributed by atoms with E-state index in [2.05, 4.69) is 34.2 Å². The van der Waals surface area contributed by atoms with E-state index in [0.717, 1.165) is 29.6 Å². The summed E-state index contributed by atoms with van der Waals surface area (Å²) in [6.07, 6.45) is 6.60. The van der Waals surface area contributed by atoms with Crippen molar-refractivity contribution in [3.8, 4) is 0 Å². The molecule has 3 heterocycles. The number of anilines is 1. The van der Waals surface area contributed by atoms with Crippen molar-refractivity contribution in [1.82, 2.24) is 19.7 Å². The van der Waals surface area contributed by atoms with E-state index in [4.69, 9.17) is 0 Å². The highest BCUT2D eigenvalue weighted by molar-refractivity contribution is 7.16. The molecule has 1 aliphatic carbocycles. The van der Waals surface area contributed by atoms with Crippen LogP contribution in [-0.4, -0.2) is 25.7 Å². The normalized spacial score (nSPS) is 13.7. The summed E-state index contributed by atoms with van der Waals surface area (Å²) in [5.41, 5.74) is 2.46. The summed E-state index contributed by atoms with van der Waals surface area (Å²) in [6, 6.07) is 2.06. The maximum Gasteiger partial charge on any atom is 0.259 e. The molecule has 0 fully saturated rings. The van der Waals surface area contributed by atoms with Crippen LogP contribution in [0.15, 0.2) is 18.5 Å². The van der Waals surface area contributed by atoms with Crippen molar-refractivity contribution < 1.29 is 4.79 Å². The topological polar surface area (TPSA) is 72.7 Å². The molecule has 1 amide bonds. The molecule has 118 valence electrons. The third-order valence-corrected chi connectivity index (χ3v) is 5.07. The van der Waals surface area contributed by atoms with Crippen molar-refractivity contribution >= 4 is 33.4 Å². The second-order valence-electron chi connectivity index (χ2n) is 6.02. The van der Waals surface area contributed by atoms with Gasteiger partial charge < -0.3 is 0 Å². The molecule has 0 unspecified atom stereocenters. The molecular weight excluding hydrogens is 310 g/mol. The molecule has 6 nitrogen and oxygen atoms in total. The third kappa shape index (κ3) is 2.50. The Hall–Kier alpha value is -2.28. The number of aromatic nitrogens is 4. The second-order valence-corrected chi connectivity index (χ2v) is 7.10. The Labute approximate surface area is 137 Å². The van der Waals surface area contributed by atoms with Crippen molar-refractivity contribution in [3.05, 3.63) is 34.6 Å². The summed E-state index contributed by atoms with van der Waals surface area (Å²) in [5, 5.41) is 8.76. The quantitative estimate of drug-likeness (QED) is 0.802. The lowest BCUT2D eigenvalue weighted by Gasteiger charge is -2.06.